The van der Waals surface area contributed by atoms with E-state index in [1.807, 2.05) is 19.1 Å². The van der Waals surface area contributed by atoms with Crippen LogP contribution in [0.3, 0.4) is 0 Å². The van der Waals surface area contributed by atoms with Crippen molar-refractivity contribution in [1.82, 2.24) is 10.2 Å². The second kappa shape index (κ2) is 11.8. The number of nitrogens with one attached hydrogen (secondary N) is 1. The van der Waals surface area contributed by atoms with E-state index < -0.39 is 17.8 Å². The first-order valence-corrected chi connectivity index (χ1v) is 10.0. The monoisotopic (exact) mass is 416 g/mol. The van der Waals surface area contributed by atoms with Gasteiger partial charge in [0.1, 0.15) is 11.8 Å². The van der Waals surface area contributed by atoms with Crippen molar-refractivity contribution in [2.45, 2.75) is 39.3 Å². The number of para-hydroxylation sites is 1. The fraction of sp³-hybridized carbons (Fsp3) is 0.391. The molecule has 0 heterocycles. The van der Waals surface area contributed by atoms with Crippen LogP contribution in [0.5, 0.6) is 11.5 Å². The first-order valence-electron chi connectivity index (χ1n) is 10.0. The van der Waals surface area contributed by atoms with Crippen LogP contribution in [0.4, 0.5) is 4.39 Å². The van der Waals surface area contributed by atoms with Gasteiger partial charge < -0.3 is 19.7 Å². The molecule has 7 heteroatoms. The van der Waals surface area contributed by atoms with Crippen LogP contribution in [0, 0.1) is 5.82 Å². The first-order chi connectivity index (χ1) is 14.5. The highest BCUT2D eigenvalue weighted by molar-refractivity contribution is 5.87. The summed E-state index contributed by atoms with van der Waals surface area (Å²) in [6.45, 7) is 4.07. The summed E-state index contributed by atoms with van der Waals surface area (Å²) < 4.78 is 24.4. The summed E-state index contributed by atoms with van der Waals surface area (Å²) in [5, 5.41) is 2.85. The molecule has 2 aromatic rings. The molecular formula is C23H29FN2O4. The number of unbranched alkanes of at least 4 members (excludes halogenated alkanes) is 1. The van der Waals surface area contributed by atoms with E-state index in [-0.39, 0.29) is 24.8 Å². The van der Waals surface area contributed by atoms with Gasteiger partial charge in [0.25, 0.3) is 5.91 Å². The van der Waals surface area contributed by atoms with Gasteiger partial charge in [0.05, 0.1) is 7.11 Å². The number of ether oxygens (including phenoxy) is 2. The lowest BCUT2D eigenvalue weighted by molar-refractivity contribution is -0.142. The fourth-order valence-electron chi connectivity index (χ4n) is 2.87. The molecule has 0 saturated heterocycles. The van der Waals surface area contributed by atoms with Gasteiger partial charge in [0.15, 0.2) is 18.2 Å². The number of hydrogen-bond acceptors (Lipinski definition) is 4. The Hall–Kier alpha value is -3.09. The maximum absolute atomic E-state index is 13.8. The van der Waals surface area contributed by atoms with Gasteiger partial charge in [0, 0.05) is 13.1 Å². The Balaban J connectivity index is 2.15. The maximum atomic E-state index is 13.8. The summed E-state index contributed by atoms with van der Waals surface area (Å²) >= 11 is 0. The number of amides is 2. The van der Waals surface area contributed by atoms with Gasteiger partial charge in [-0.2, -0.15) is 0 Å². The third-order valence-electron chi connectivity index (χ3n) is 4.67. The third-order valence-corrected chi connectivity index (χ3v) is 4.67. The van der Waals surface area contributed by atoms with Gasteiger partial charge in [0.2, 0.25) is 5.91 Å². The fourth-order valence-corrected chi connectivity index (χ4v) is 2.87. The van der Waals surface area contributed by atoms with Crippen molar-refractivity contribution in [2.24, 2.45) is 0 Å². The quantitative estimate of drug-likeness (QED) is 0.569. The molecule has 0 aromatic heterocycles. The zero-order valence-corrected chi connectivity index (χ0v) is 17.7. The summed E-state index contributed by atoms with van der Waals surface area (Å²) in [7, 11) is 1.56. The smallest absolute Gasteiger partial charge is 0.261 e. The third kappa shape index (κ3) is 6.76. The van der Waals surface area contributed by atoms with Crippen LogP contribution >= 0.6 is 0 Å². The standard InChI is InChI=1S/C23H29FN2O4/c1-4-5-13-25-23(28)17(2)26(15-18-9-8-10-19(14-18)29-3)22(27)16-30-21-12-7-6-11-20(21)24/h6-12,14,17H,4-5,13,15-16H2,1-3H3,(H,25,28)/t17-/m0/s1. The van der Waals surface area contributed by atoms with Gasteiger partial charge in [-0.3, -0.25) is 9.59 Å². The summed E-state index contributed by atoms with van der Waals surface area (Å²) in [5.41, 5.74) is 0.807. The van der Waals surface area contributed by atoms with Crippen LogP contribution in [0.15, 0.2) is 48.5 Å². The van der Waals surface area contributed by atoms with Crippen LogP contribution < -0.4 is 14.8 Å². The summed E-state index contributed by atoms with van der Waals surface area (Å²) in [4.78, 5) is 26.9. The van der Waals surface area contributed by atoms with E-state index in [0.717, 1.165) is 18.4 Å². The van der Waals surface area contributed by atoms with E-state index in [4.69, 9.17) is 9.47 Å². The van der Waals surface area contributed by atoms with Gasteiger partial charge in [-0.15, -0.1) is 0 Å². The molecule has 162 valence electrons. The first kappa shape index (κ1) is 23.2. The molecule has 2 rings (SSSR count). The van der Waals surface area contributed by atoms with E-state index in [1.165, 1.54) is 17.0 Å². The minimum absolute atomic E-state index is 0.00719. The molecule has 30 heavy (non-hydrogen) atoms. The molecule has 1 atom stereocenters. The van der Waals surface area contributed by atoms with Crippen molar-refractivity contribution in [1.29, 1.82) is 0 Å². The largest absolute Gasteiger partial charge is 0.497 e. The SMILES string of the molecule is CCCCNC(=O)[C@H](C)N(Cc1cccc(OC)c1)C(=O)COc1ccccc1F. The number of carbonyl (C=O) groups is 2. The normalized spacial score (nSPS) is 11.5. The van der Waals surface area contributed by atoms with Crippen molar-refractivity contribution in [3.63, 3.8) is 0 Å². The second-order valence-electron chi connectivity index (χ2n) is 6.91. The topological polar surface area (TPSA) is 67.9 Å². The van der Waals surface area contributed by atoms with Crippen molar-refractivity contribution in [3.05, 3.63) is 59.9 Å². The molecule has 0 fully saturated rings. The lowest BCUT2D eigenvalue weighted by atomic mass is 10.1. The van der Waals surface area contributed by atoms with E-state index in [0.29, 0.717) is 12.3 Å². The molecule has 0 aliphatic heterocycles. The van der Waals surface area contributed by atoms with Crippen LogP contribution in [0.25, 0.3) is 0 Å². The Morgan fingerprint density at radius 3 is 2.63 bits per heavy atom. The molecule has 0 aliphatic carbocycles. The zero-order chi connectivity index (χ0) is 21.9. The number of halogens is 1. The minimum atomic E-state index is -0.718. The molecule has 6 nitrogen and oxygen atoms in total. The molecule has 0 saturated carbocycles. The summed E-state index contributed by atoms with van der Waals surface area (Å²) in [5.74, 6) is -0.561. The number of carbonyl (C=O) groups excluding carboxylic acids is 2. The highest BCUT2D eigenvalue weighted by Crippen LogP contribution is 2.18. The van der Waals surface area contributed by atoms with Crippen LogP contribution in [0.2, 0.25) is 0 Å². The van der Waals surface area contributed by atoms with E-state index >= 15 is 0 Å². The molecule has 0 radical (unpaired) electrons. The average molecular weight is 416 g/mol. The second-order valence-corrected chi connectivity index (χ2v) is 6.91. The minimum Gasteiger partial charge on any atom is -0.497 e. The van der Waals surface area contributed by atoms with Gasteiger partial charge in [-0.1, -0.05) is 37.6 Å². The summed E-state index contributed by atoms with van der Waals surface area (Å²) in [6, 6.07) is 12.4. The summed E-state index contributed by atoms with van der Waals surface area (Å²) in [6.07, 6.45) is 1.82. The lowest BCUT2D eigenvalue weighted by Gasteiger charge is -2.29. The maximum Gasteiger partial charge on any atom is 0.261 e. The van der Waals surface area contributed by atoms with Crippen LogP contribution in [-0.2, 0) is 16.1 Å². The Labute approximate surface area is 177 Å². The molecule has 1 N–H and O–H groups in total. The Bertz CT molecular complexity index is 843. The molecule has 2 aromatic carbocycles. The average Bonchev–Trinajstić information content (AvgIpc) is 2.76. The van der Waals surface area contributed by atoms with Gasteiger partial charge >= 0.3 is 0 Å². The predicted molar refractivity (Wildman–Crippen MR) is 113 cm³/mol. The zero-order valence-electron chi connectivity index (χ0n) is 17.7. The number of methoxy groups -OCH3 is 1. The molecule has 0 aliphatic rings. The molecule has 0 spiro atoms. The number of rotatable bonds is 11. The highest BCUT2D eigenvalue weighted by atomic mass is 19.1. The van der Waals surface area contributed by atoms with E-state index in [2.05, 4.69) is 5.32 Å². The lowest BCUT2D eigenvalue weighted by Crippen LogP contribution is -2.49. The van der Waals surface area contributed by atoms with E-state index in [1.54, 1.807) is 38.3 Å². The van der Waals surface area contributed by atoms with Gasteiger partial charge in [-0.05, 0) is 43.2 Å². The molecular weight excluding hydrogens is 387 g/mol. The number of hydrogen-bond donors (Lipinski definition) is 1. The van der Waals surface area contributed by atoms with Crippen molar-refractivity contribution >= 4 is 11.8 Å². The van der Waals surface area contributed by atoms with Crippen LogP contribution in [-0.4, -0.2) is 43.0 Å². The van der Waals surface area contributed by atoms with Crippen molar-refractivity contribution in [3.8, 4) is 11.5 Å². The Kier molecular flexibility index (Phi) is 9.12. The van der Waals surface area contributed by atoms with Crippen LogP contribution in [0.1, 0.15) is 32.3 Å². The predicted octanol–water partition coefficient (Wildman–Crippen LogP) is 3.55. The van der Waals surface area contributed by atoms with Gasteiger partial charge in [-0.25, -0.2) is 4.39 Å². The molecule has 0 bridgehead atoms. The Morgan fingerprint density at radius 2 is 1.93 bits per heavy atom. The highest BCUT2D eigenvalue weighted by Gasteiger charge is 2.26. The molecule has 0 unspecified atom stereocenters. The number of benzene rings is 2. The van der Waals surface area contributed by atoms with E-state index in [9.17, 15) is 14.0 Å². The Morgan fingerprint density at radius 1 is 1.17 bits per heavy atom. The van der Waals surface area contributed by atoms with Crippen molar-refractivity contribution in [2.75, 3.05) is 20.3 Å². The van der Waals surface area contributed by atoms with Crippen molar-refractivity contribution < 1.29 is 23.5 Å². The molecule has 2 amide bonds. The number of nitrogens with zero attached hydrogens (tertiary/aromatic N) is 1.